The highest BCUT2D eigenvalue weighted by atomic mass is 16.1. The van der Waals surface area contributed by atoms with Crippen LogP contribution >= 0.6 is 0 Å². The van der Waals surface area contributed by atoms with Gasteiger partial charge >= 0.3 is 0 Å². The Morgan fingerprint density at radius 2 is 1.94 bits per heavy atom. The molecule has 1 aliphatic rings. The Morgan fingerprint density at radius 3 is 2.53 bits per heavy atom. The van der Waals surface area contributed by atoms with Crippen LogP contribution in [0.25, 0.3) is 0 Å². The monoisotopic (exact) mass is 240 g/mol. The largest absolute Gasteiger partial charge is 0.356 e. The molecule has 1 saturated carbocycles. The Morgan fingerprint density at radius 1 is 1.29 bits per heavy atom. The summed E-state index contributed by atoms with van der Waals surface area (Å²) in [4.78, 5) is 11.8. The lowest BCUT2D eigenvalue weighted by Gasteiger charge is -2.28. The van der Waals surface area contributed by atoms with Crippen LogP contribution in [0.5, 0.6) is 0 Å². The number of carbonyl (C=O) groups excluding carboxylic acids is 1. The van der Waals surface area contributed by atoms with E-state index in [0.29, 0.717) is 12.3 Å². The standard InChI is InChI=1S/C14H28N2O/c1-14(2,3)8-9-16-13(17)10-11-6-4-5-7-12(11)15/h11-12H,4-10,15H2,1-3H3,(H,16,17). The summed E-state index contributed by atoms with van der Waals surface area (Å²) in [7, 11) is 0. The van der Waals surface area contributed by atoms with Gasteiger partial charge in [-0.25, -0.2) is 0 Å². The minimum atomic E-state index is 0.177. The first-order chi connectivity index (χ1) is 7.88. The normalized spacial score (nSPS) is 25.6. The van der Waals surface area contributed by atoms with Crippen LogP contribution in [-0.2, 0) is 4.79 Å². The van der Waals surface area contributed by atoms with Crippen molar-refractivity contribution in [3.05, 3.63) is 0 Å². The fraction of sp³-hybridized carbons (Fsp3) is 0.929. The molecule has 3 heteroatoms. The van der Waals surface area contributed by atoms with E-state index in [1.165, 1.54) is 12.8 Å². The fourth-order valence-corrected chi connectivity index (χ4v) is 2.38. The first-order valence-corrected chi connectivity index (χ1v) is 6.91. The van der Waals surface area contributed by atoms with E-state index < -0.39 is 0 Å². The van der Waals surface area contributed by atoms with Crippen LogP contribution < -0.4 is 11.1 Å². The second-order valence-corrected chi connectivity index (χ2v) is 6.57. The topological polar surface area (TPSA) is 55.1 Å². The molecule has 0 aromatic heterocycles. The number of hydrogen-bond acceptors (Lipinski definition) is 2. The van der Waals surface area contributed by atoms with Gasteiger partial charge in [0.25, 0.3) is 0 Å². The molecule has 0 radical (unpaired) electrons. The highest BCUT2D eigenvalue weighted by Gasteiger charge is 2.24. The van der Waals surface area contributed by atoms with Gasteiger partial charge in [-0.2, -0.15) is 0 Å². The van der Waals surface area contributed by atoms with Crippen LogP contribution in [-0.4, -0.2) is 18.5 Å². The zero-order valence-corrected chi connectivity index (χ0v) is 11.6. The summed E-state index contributed by atoms with van der Waals surface area (Å²) >= 11 is 0. The van der Waals surface area contributed by atoms with Crippen LogP contribution in [0.2, 0.25) is 0 Å². The predicted molar refractivity (Wildman–Crippen MR) is 71.6 cm³/mol. The van der Waals surface area contributed by atoms with Gasteiger partial charge in [-0.1, -0.05) is 33.6 Å². The molecule has 0 heterocycles. The molecule has 3 N–H and O–H groups in total. The second kappa shape index (κ2) is 6.39. The molecule has 0 spiro atoms. The molecule has 1 fully saturated rings. The minimum absolute atomic E-state index is 0.177. The SMILES string of the molecule is CC(C)(C)CCNC(=O)CC1CCCCC1N. The maximum absolute atomic E-state index is 11.8. The lowest BCUT2D eigenvalue weighted by atomic mass is 9.83. The van der Waals surface area contributed by atoms with Crippen LogP contribution in [0.4, 0.5) is 0 Å². The van der Waals surface area contributed by atoms with Crippen LogP contribution in [0.3, 0.4) is 0 Å². The summed E-state index contributed by atoms with van der Waals surface area (Å²) in [5.74, 6) is 0.579. The van der Waals surface area contributed by atoms with Gasteiger partial charge in [-0.3, -0.25) is 4.79 Å². The van der Waals surface area contributed by atoms with Crippen LogP contribution in [0.15, 0.2) is 0 Å². The van der Waals surface area contributed by atoms with Gasteiger partial charge in [0.1, 0.15) is 0 Å². The van der Waals surface area contributed by atoms with Gasteiger partial charge < -0.3 is 11.1 Å². The van der Waals surface area contributed by atoms with Crippen LogP contribution in [0, 0.1) is 11.3 Å². The van der Waals surface area contributed by atoms with Gasteiger partial charge in [0.05, 0.1) is 0 Å². The molecular formula is C14H28N2O. The van der Waals surface area contributed by atoms with Crippen molar-refractivity contribution in [2.75, 3.05) is 6.54 Å². The third-order valence-electron chi connectivity index (χ3n) is 3.61. The molecule has 1 aliphatic carbocycles. The van der Waals surface area contributed by atoms with E-state index in [4.69, 9.17) is 5.73 Å². The maximum Gasteiger partial charge on any atom is 0.220 e. The van der Waals surface area contributed by atoms with Gasteiger partial charge in [-0.05, 0) is 30.6 Å². The van der Waals surface area contributed by atoms with E-state index in [0.717, 1.165) is 25.8 Å². The van der Waals surface area contributed by atoms with Crippen molar-refractivity contribution < 1.29 is 4.79 Å². The first kappa shape index (κ1) is 14.5. The summed E-state index contributed by atoms with van der Waals surface area (Å²) in [5.41, 5.74) is 6.33. The summed E-state index contributed by atoms with van der Waals surface area (Å²) in [5, 5.41) is 3.01. The molecule has 2 unspecified atom stereocenters. The molecule has 17 heavy (non-hydrogen) atoms. The molecule has 3 nitrogen and oxygen atoms in total. The zero-order chi connectivity index (χ0) is 12.9. The third kappa shape index (κ3) is 6.06. The molecule has 0 aliphatic heterocycles. The Bertz CT molecular complexity index is 245. The van der Waals surface area contributed by atoms with Crippen LogP contribution in [0.1, 0.15) is 59.3 Å². The van der Waals surface area contributed by atoms with Crippen molar-refractivity contribution in [2.24, 2.45) is 17.1 Å². The molecular weight excluding hydrogens is 212 g/mol. The number of rotatable bonds is 4. The molecule has 1 rings (SSSR count). The summed E-state index contributed by atoms with van der Waals surface area (Å²) in [6.07, 6.45) is 6.30. The van der Waals surface area contributed by atoms with Crippen molar-refractivity contribution in [2.45, 2.75) is 65.3 Å². The summed E-state index contributed by atoms with van der Waals surface area (Å²) in [6, 6.07) is 0.233. The maximum atomic E-state index is 11.8. The Balaban J connectivity index is 2.20. The van der Waals surface area contributed by atoms with Crippen molar-refractivity contribution in [3.8, 4) is 0 Å². The average molecular weight is 240 g/mol. The number of carbonyl (C=O) groups is 1. The van der Waals surface area contributed by atoms with Crippen molar-refractivity contribution >= 4 is 5.91 Å². The van der Waals surface area contributed by atoms with Gasteiger partial charge in [-0.15, -0.1) is 0 Å². The van der Waals surface area contributed by atoms with E-state index in [1.54, 1.807) is 0 Å². The van der Waals surface area contributed by atoms with Crippen molar-refractivity contribution in [1.29, 1.82) is 0 Å². The number of hydrogen-bond donors (Lipinski definition) is 2. The Labute approximate surface area is 106 Å². The van der Waals surface area contributed by atoms with E-state index in [1.807, 2.05) is 0 Å². The first-order valence-electron chi connectivity index (χ1n) is 6.91. The number of amides is 1. The Hall–Kier alpha value is -0.570. The van der Waals surface area contributed by atoms with E-state index >= 15 is 0 Å². The lowest BCUT2D eigenvalue weighted by molar-refractivity contribution is -0.122. The molecule has 0 aromatic rings. The highest BCUT2D eigenvalue weighted by Crippen LogP contribution is 2.25. The summed E-state index contributed by atoms with van der Waals surface area (Å²) in [6.45, 7) is 7.35. The fourth-order valence-electron chi connectivity index (χ4n) is 2.38. The molecule has 1 amide bonds. The third-order valence-corrected chi connectivity index (χ3v) is 3.61. The van der Waals surface area contributed by atoms with Gasteiger partial charge in [0.15, 0.2) is 0 Å². The number of nitrogens with one attached hydrogen (secondary N) is 1. The van der Waals surface area contributed by atoms with Crippen molar-refractivity contribution in [1.82, 2.24) is 5.32 Å². The second-order valence-electron chi connectivity index (χ2n) is 6.57. The number of nitrogens with two attached hydrogens (primary N) is 1. The van der Waals surface area contributed by atoms with Crippen molar-refractivity contribution in [3.63, 3.8) is 0 Å². The molecule has 100 valence electrons. The van der Waals surface area contributed by atoms with E-state index in [9.17, 15) is 4.79 Å². The average Bonchev–Trinajstić information content (AvgIpc) is 2.19. The lowest BCUT2D eigenvalue weighted by Crippen LogP contribution is -2.37. The van der Waals surface area contributed by atoms with Gasteiger partial charge in [0, 0.05) is 19.0 Å². The van der Waals surface area contributed by atoms with Gasteiger partial charge in [0.2, 0.25) is 5.91 Å². The molecule has 0 saturated heterocycles. The Kier molecular flexibility index (Phi) is 5.44. The van der Waals surface area contributed by atoms with E-state index in [-0.39, 0.29) is 17.4 Å². The zero-order valence-electron chi connectivity index (χ0n) is 11.6. The summed E-state index contributed by atoms with van der Waals surface area (Å²) < 4.78 is 0. The predicted octanol–water partition coefficient (Wildman–Crippen LogP) is 2.45. The smallest absolute Gasteiger partial charge is 0.220 e. The molecule has 0 aromatic carbocycles. The molecule has 2 atom stereocenters. The molecule has 0 bridgehead atoms. The minimum Gasteiger partial charge on any atom is -0.356 e. The highest BCUT2D eigenvalue weighted by molar-refractivity contribution is 5.76. The quantitative estimate of drug-likeness (QED) is 0.793. The van der Waals surface area contributed by atoms with E-state index in [2.05, 4.69) is 26.1 Å².